The van der Waals surface area contributed by atoms with Gasteiger partial charge in [-0.15, -0.1) is 0 Å². The fourth-order valence-corrected chi connectivity index (χ4v) is 1.49. The number of nitrogens with two attached hydrogens (primary N) is 1. The molecule has 0 unspecified atom stereocenters. The fraction of sp³-hybridized carbons (Fsp3) is 0.462. The molecule has 0 aliphatic carbocycles. The molecule has 0 heterocycles. The first-order valence-corrected chi connectivity index (χ1v) is 6.24. The molecule has 1 aromatic carbocycles. The maximum atomic E-state index is 5.44. The van der Waals surface area contributed by atoms with E-state index in [4.69, 9.17) is 15.3 Å². The third kappa shape index (κ3) is 5.05. The minimum atomic E-state index is 0.517. The van der Waals surface area contributed by atoms with Crippen molar-refractivity contribution in [3.05, 3.63) is 18.2 Å². The molecule has 0 fully saturated rings. The molecular formula is C13H22N4O2. The molecule has 1 rings (SSSR count). The Kier molecular flexibility index (Phi) is 6.52. The number of guanidine groups is 1. The van der Waals surface area contributed by atoms with Crippen molar-refractivity contribution in [1.82, 2.24) is 5.43 Å². The van der Waals surface area contributed by atoms with E-state index >= 15 is 0 Å². The molecule has 0 atom stereocenters. The molecule has 0 aliphatic heterocycles. The van der Waals surface area contributed by atoms with Gasteiger partial charge in [-0.1, -0.05) is 13.3 Å². The van der Waals surface area contributed by atoms with Crippen LogP contribution in [0.5, 0.6) is 11.5 Å². The van der Waals surface area contributed by atoms with E-state index in [1.807, 2.05) is 12.1 Å². The van der Waals surface area contributed by atoms with E-state index in [-0.39, 0.29) is 0 Å². The zero-order valence-corrected chi connectivity index (χ0v) is 11.7. The van der Waals surface area contributed by atoms with Gasteiger partial charge in [-0.2, -0.15) is 0 Å². The Labute approximate surface area is 114 Å². The zero-order chi connectivity index (χ0) is 14.1. The number of hydrogen-bond donors (Lipinski definition) is 3. The molecule has 0 saturated carbocycles. The van der Waals surface area contributed by atoms with Gasteiger partial charge in [-0.05, 0) is 6.42 Å². The van der Waals surface area contributed by atoms with Gasteiger partial charge in [0.1, 0.15) is 11.5 Å². The number of nitrogens with zero attached hydrogens (tertiary/aromatic N) is 1. The summed E-state index contributed by atoms with van der Waals surface area (Å²) < 4.78 is 10.4. The minimum Gasteiger partial charge on any atom is -0.497 e. The van der Waals surface area contributed by atoms with Crippen molar-refractivity contribution >= 4 is 11.6 Å². The summed E-state index contributed by atoms with van der Waals surface area (Å²) in [5, 5.41) is 3.09. The normalized spacial score (nSPS) is 11.1. The topological polar surface area (TPSA) is 80.9 Å². The molecule has 6 heteroatoms. The second-order valence-electron chi connectivity index (χ2n) is 3.95. The van der Waals surface area contributed by atoms with E-state index in [0.717, 1.165) is 25.1 Å². The van der Waals surface area contributed by atoms with Crippen LogP contribution in [-0.2, 0) is 0 Å². The molecule has 0 saturated heterocycles. The standard InChI is InChI=1S/C13H22N4O2/c1-4-5-6-15-13(17-14)16-10-7-11(18-2)9-12(8-10)19-3/h7-9H,4-6,14H2,1-3H3,(H2,15,16,17). The van der Waals surface area contributed by atoms with Crippen LogP contribution in [-0.4, -0.2) is 26.7 Å². The molecule has 1 aromatic rings. The SMILES string of the molecule is CCCCN=C(NN)Nc1cc(OC)cc(OC)c1. The van der Waals surface area contributed by atoms with Crippen LogP contribution in [0.1, 0.15) is 19.8 Å². The summed E-state index contributed by atoms with van der Waals surface area (Å²) in [6.45, 7) is 2.84. The van der Waals surface area contributed by atoms with Crippen molar-refractivity contribution in [3.8, 4) is 11.5 Å². The number of nitrogens with one attached hydrogen (secondary N) is 2. The number of rotatable bonds is 6. The second-order valence-corrected chi connectivity index (χ2v) is 3.95. The van der Waals surface area contributed by atoms with E-state index in [1.54, 1.807) is 20.3 Å². The lowest BCUT2D eigenvalue weighted by Gasteiger charge is -2.12. The molecule has 0 bridgehead atoms. The van der Waals surface area contributed by atoms with Crippen molar-refractivity contribution in [2.24, 2.45) is 10.8 Å². The summed E-state index contributed by atoms with van der Waals surface area (Å²) in [5.74, 6) is 7.36. The monoisotopic (exact) mass is 266 g/mol. The van der Waals surface area contributed by atoms with Crippen molar-refractivity contribution in [2.75, 3.05) is 26.1 Å². The number of anilines is 1. The van der Waals surface area contributed by atoms with E-state index in [1.165, 1.54) is 0 Å². The van der Waals surface area contributed by atoms with Crippen LogP contribution >= 0.6 is 0 Å². The lowest BCUT2D eigenvalue weighted by atomic mass is 10.3. The van der Waals surface area contributed by atoms with Gasteiger partial charge in [-0.3, -0.25) is 10.4 Å². The van der Waals surface area contributed by atoms with E-state index in [9.17, 15) is 0 Å². The van der Waals surface area contributed by atoms with Crippen molar-refractivity contribution in [2.45, 2.75) is 19.8 Å². The molecule has 4 N–H and O–H groups in total. The molecular weight excluding hydrogens is 244 g/mol. The number of aliphatic imine (C=N–C) groups is 1. The third-order valence-corrected chi connectivity index (χ3v) is 2.53. The van der Waals surface area contributed by atoms with E-state index in [0.29, 0.717) is 17.5 Å². The first-order valence-electron chi connectivity index (χ1n) is 6.24. The first-order chi connectivity index (χ1) is 9.23. The number of methoxy groups -OCH3 is 2. The highest BCUT2D eigenvalue weighted by Gasteiger charge is 2.03. The van der Waals surface area contributed by atoms with Crippen LogP contribution in [0.4, 0.5) is 5.69 Å². The Balaban J connectivity index is 2.81. The van der Waals surface area contributed by atoms with Gasteiger partial charge in [0.05, 0.1) is 14.2 Å². The largest absolute Gasteiger partial charge is 0.497 e. The molecule has 0 aromatic heterocycles. The van der Waals surface area contributed by atoms with Crippen molar-refractivity contribution in [1.29, 1.82) is 0 Å². The number of ether oxygens (including phenoxy) is 2. The minimum absolute atomic E-state index is 0.517. The van der Waals surface area contributed by atoms with Crippen LogP contribution in [0.25, 0.3) is 0 Å². The lowest BCUT2D eigenvalue weighted by molar-refractivity contribution is 0.395. The summed E-state index contributed by atoms with van der Waals surface area (Å²) >= 11 is 0. The highest BCUT2D eigenvalue weighted by Crippen LogP contribution is 2.25. The van der Waals surface area contributed by atoms with Gasteiger partial charge in [0.2, 0.25) is 5.96 Å². The molecule has 0 radical (unpaired) electrons. The predicted molar refractivity (Wildman–Crippen MR) is 77.7 cm³/mol. The van der Waals surface area contributed by atoms with E-state index in [2.05, 4.69) is 22.7 Å². The quantitative estimate of drug-likeness (QED) is 0.240. The number of benzene rings is 1. The van der Waals surface area contributed by atoms with Gasteiger partial charge in [0.25, 0.3) is 0 Å². The molecule has 19 heavy (non-hydrogen) atoms. The Morgan fingerprint density at radius 3 is 2.32 bits per heavy atom. The van der Waals surface area contributed by atoms with Crippen LogP contribution in [0.2, 0.25) is 0 Å². The number of hydrazine groups is 1. The van der Waals surface area contributed by atoms with Gasteiger partial charge >= 0.3 is 0 Å². The maximum absolute atomic E-state index is 5.44. The summed E-state index contributed by atoms with van der Waals surface area (Å²) in [4.78, 5) is 4.33. The molecule has 106 valence electrons. The highest BCUT2D eigenvalue weighted by atomic mass is 16.5. The maximum Gasteiger partial charge on any atom is 0.210 e. The molecule has 6 nitrogen and oxygen atoms in total. The number of hydrogen-bond acceptors (Lipinski definition) is 4. The first kappa shape index (κ1) is 15.1. The Bertz CT molecular complexity index is 399. The van der Waals surface area contributed by atoms with Gasteiger partial charge in [0.15, 0.2) is 0 Å². The van der Waals surface area contributed by atoms with Crippen LogP contribution in [0.15, 0.2) is 23.2 Å². The van der Waals surface area contributed by atoms with Gasteiger partial charge < -0.3 is 14.8 Å². The van der Waals surface area contributed by atoms with Crippen LogP contribution < -0.4 is 26.1 Å². The summed E-state index contributed by atoms with van der Waals surface area (Å²) in [5.41, 5.74) is 3.34. The predicted octanol–water partition coefficient (Wildman–Crippen LogP) is 1.74. The average Bonchev–Trinajstić information content (AvgIpc) is 2.45. The smallest absolute Gasteiger partial charge is 0.210 e. The molecule has 0 aliphatic rings. The second kappa shape index (κ2) is 8.20. The third-order valence-electron chi connectivity index (χ3n) is 2.53. The van der Waals surface area contributed by atoms with Crippen molar-refractivity contribution < 1.29 is 9.47 Å². The highest BCUT2D eigenvalue weighted by molar-refractivity contribution is 5.93. The summed E-state index contributed by atoms with van der Waals surface area (Å²) in [6.07, 6.45) is 2.11. The van der Waals surface area contributed by atoms with Crippen LogP contribution in [0, 0.1) is 0 Å². The van der Waals surface area contributed by atoms with Gasteiger partial charge in [0, 0.05) is 30.4 Å². The van der Waals surface area contributed by atoms with Crippen molar-refractivity contribution in [3.63, 3.8) is 0 Å². The van der Waals surface area contributed by atoms with E-state index < -0.39 is 0 Å². The van der Waals surface area contributed by atoms with Crippen LogP contribution in [0.3, 0.4) is 0 Å². The Morgan fingerprint density at radius 1 is 1.21 bits per heavy atom. The summed E-state index contributed by atoms with van der Waals surface area (Å²) in [6, 6.07) is 5.49. The Hall–Kier alpha value is -1.95. The molecule has 0 amide bonds. The fourth-order valence-electron chi connectivity index (χ4n) is 1.49. The summed E-state index contributed by atoms with van der Waals surface area (Å²) in [7, 11) is 3.21. The molecule has 0 spiro atoms. The number of unbranched alkanes of at least 4 members (excludes halogenated alkanes) is 1. The average molecular weight is 266 g/mol. The Morgan fingerprint density at radius 2 is 1.84 bits per heavy atom. The van der Waals surface area contributed by atoms with Gasteiger partial charge in [-0.25, -0.2) is 5.84 Å². The zero-order valence-electron chi connectivity index (χ0n) is 11.7. The lowest BCUT2D eigenvalue weighted by Crippen LogP contribution is -2.36.